The predicted octanol–water partition coefficient (Wildman–Crippen LogP) is 2.23. The average Bonchev–Trinajstić information content (AvgIpc) is 2.36. The molecule has 0 heterocycles. The van der Waals surface area contributed by atoms with Crippen LogP contribution < -0.4 is 5.32 Å². The zero-order valence-corrected chi connectivity index (χ0v) is 11.4. The van der Waals surface area contributed by atoms with Crippen LogP contribution in [0.25, 0.3) is 0 Å². The Labute approximate surface area is 113 Å². The van der Waals surface area contributed by atoms with Crippen molar-refractivity contribution in [3.05, 3.63) is 35.9 Å². The van der Waals surface area contributed by atoms with E-state index >= 15 is 0 Å². The fourth-order valence-electron chi connectivity index (χ4n) is 1.86. The second kappa shape index (κ2) is 7.56. The van der Waals surface area contributed by atoms with Crippen molar-refractivity contribution in [2.75, 3.05) is 0 Å². The van der Waals surface area contributed by atoms with Gasteiger partial charge in [0.05, 0.1) is 0 Å². The van der Waals surface area contributed by atoms with Gasteiger partial charge in [0.25, 0.3) is 0 Å². The first-order chi connectivity index (χ1) is 8.99. The molecule has 0 aliphatic heterocycles. The summed E-state index contributed by atoms with van der Waals surface area (Å²) in [5, 5.41) is 11.6. The topological polar surface area (TPSA) is 66.4 Å². The molecule has 4 heteroatoms. The number of hydrogen-bond donors (Lipinski definition) is 2. The molecule has 19 heavy (non-hydrogen) atoms. The van der Waals surface area contributed by atoms with Crippen molar-refractivity contribution >= 4 is 11.9 Å². The lowest BCUT2D eigenvalue weighted by atomic mass is 10.0. The van der Waals surface area contributed by atoms with Crippen LogP contribution in [0.5, 0.6) is 0 Å². The number of benzene rings is 1. The molecule has 0 unspecified atom stereocenters. The summed E-state index contributed by atoms with van der Waals surface area (Å²) in [6.07, 6.45) is 1.39. The van der Waals surface area contributed by atoms with Gasteiger partial charge in [0.1, 0.15) is 6.04 Å². The first kappa shape index (κ1) is 15.2. The second-order valence-corrected chi connectivity index (χ2v) is 5.07. The molecule has 0 aliphatic rings. The van der Waals surface area contributed by atoms with E-state index in [4.69, 9.17) is 5.11 Å². The fourth-order valence-corrected chi connectivity index (χ4v) is 1.86. The minimum absolute atomic E-state index is 0.211. The number of nitrogens with one attached hydrogen (secondary N) is 1. The van der Waals surface area contributed by atoms with Crippen LogP contribution in [0.1, 0.15) is 32.3 Å². The molecule has 1 aromatic rings. The van der Waals surface area contributed by atoms with E-state index in [9.17, 15) is 9.59 Å². The number of aliphatic carboxylic acids is 1. The molecular formula is C15H21NO3. The number of carboxylic acids is 1. The van der Waals surface area contributed by atoms with Crippen molar-refractivity contribution in [2.24, 2.45) is 5.92 Å². The summed E-state index contributed by atoms with van der Waals surface area (Å²) in [6.45, 7) is 3.87. The van der Waals surface area contributed by atoms with Crippen LogP contribution in [0, 0.1) is 5.92 Å². The Morgan fingerprint density at radius 1 is 1.21 bits per heavy atom. The molecule has 1 amide bonds. The van der Waals surface area contributed by atoms with Crippen molar-refractivity contribution in [1.82, 2.24) is 5.32 Å². The molecule has 0 aliphatic carbocycles. The van der Waals surface area contributed by atoms with Crippen LogP contribution in [0.4, 0.5) is 0 Å². The number of amides is 1. The molecule has 1 rings (SSSR count). The van der Waals surface area contributed by atoms with Gasteiger partial charge in [-0.1, -0.05) is 44.2 Å². The zero-order chi connectivity index (χ0) is 14.3. The lowest BCUT2D eigenvalue weighted by Crippen LogP contribution is -2.41. The Kier molecular flexibility index (Phi) is 6.06. The highest BCUT2D eigenvalue weighted by atomic mass is 16.4. The molecule has 104 valence electrons. The largest absolute Gasteiger partial charge is 0.480 e. The standard InChI is InChI=1S/C15H21NO3/c1-11(2)10-13(15(18)19)16-14(17)9-8-12-6-4-3-5-7-12/h3-7,11,13H,8-10H2,1-2H3,(H,16,17)(H,18,19)/t13-/m1/s1. The van der Waals surface area contributed by atoms with Crippen molar-refractivity contribution in [3.63, 3.8) is 0 Å². The summed E-state index contributed by atoms with van der Waals surface area (Å²) in [4.78, 5) is 22.8. The molecule has 0 saturated carbocycles. The average molecular weight is 263 g/mol. The number of aryl methyl sites for hydroxylation is 1. The predicted molar refractivity (Wildman–Crippen MR) is 73.8 cm³/mol. The number of rotatable bonds is 7. The molecule has 4 nitrogen and oxygen atoms in total. The minimum atomic E-state index is -0.971. The third-order valence-corrected chi connectivity index (χ3v) is 2.82. The van der Waals surface area contributed by atoms with Gasteiger partial charge in [0.2, 0.25) is 5.91 Å². The van der Waals surface area contributed by atoms with Gasteiger partial charge >= 0.3 is 5.97 Å². The van der Waals surface area contributed by atoms with Crippen LogP contribution in [0.3, 0.4) is 0 Å². The molecule has 0 fully saturated rings. The second-order valence-electron chi connectivity index (χ2n) is 5.07. The maximum atomic E-state index is 11.7. The Hall–Kier alpha value is -1.84. The van der Waals surface area contributed by atoms with E-state index in [0.717, 1.165) is 5.56 Å². The van der Waals surface area contributed by atoms with E-state index in [-0.39, 0.29) is 11.8 Å². The molecule has 0 saturated heterocycles. The van der Waals surface area contributed by atoms with Gasteiger partial charge in [-0.05, 0) is 24.3 Å². The van der Waals surface area contributed by atoms with Crippen molar-refractivity contribution in [3.8, 4) is 0 Å². The Morgan fingerprint density at radius 2 is 1.84 bits per heavy atom. The quantitative estimate of drug-likeness (QED) is 0.792. The maximum absolute atomic E-state index is 11.7. The van der Waals surface area contributed by atoms with Crippen molar-refractivity contribution < 1.29 is 14.7 Å². The summed E-state index contributed by atoms with van der Waals surface area (Å²) in [5.41, 5.74) is 1.08. The summed E-state index contributed by atoms with van der Waals surface area (Å²) < 4.78 is 0. The van der Waals surface area contributed by atoms with E-state index in [1.54, 1.807) is 0 Å². The van der Waals surface area contributed by atoms with Gasteiger partial charge in [-0.3, -0.25) is 4.79 Å². The van der Waals surface area contributed by atoms with Gasteiger partial charge in [-0.2, -0.15) is 0 Å². The first-order valence-corrected chi connectivity index (χ1v) is 6.55. The van der Waals surface area contributed by atoms with Gasteiger partial charge in [-0.15, -0.1) is 0 Å². The van der Waals surface area contributed by atoms with E-state index in [0.29, 0.717) is 19.3 Å². The number of carboxylic acid groups (broad SMARTS) is 1. The van der Waals surface area contributed by atoms with E-state index < -0.39 is 12.0 Å². The van der Waals surface area contributed by atoms with Gasteiger partial charge in [-0.25, -0.2) is 4.79 Å². The van der Waals surface area contributed by atoms with Gasteiger partial charge in [0, 0.05) is 6.42 Å². The first-order valence-electron chi connectivity index (χ1n) is 6.55. The molecular weight excluding hydrogens is 242 g/mol. The molecule has 0 aromatic heterocycles. The molecule has 0 bridgehead atoms. The number of carbonyl (C=O) groups excluding carboxylic acids is 1. The Balaban J connectivity index is 2.42. The highest BCUT2D eigenvalue weighted by molar-refractivity contribution is 5.83. The van der Waals surface area contributed by atoms with Crippen LogP contribution >= 0.6 is 0 Å². The Morgan fingerprint density at radius 3 is 2.37 bits per heavy atom. The van der Waals surface area contributed by atoms with Crippen LogP contribution in [-0.4, -0.2) is 23.0 Å². The van der Waals surface area contributed by atoms with E-state index in [1.165, 1.54) is 0 Å². The zero-order valence-electron chi connectivity index (χ0n) is 11.4. The molecule has 1 atom stereocenters. The number of carbonyl (C=O) groups is 2. The third-order valence-electron chi connectivity index (χ3n) is 2.82. The molecule has 0 spiro atoms. The highest BCUT2D eigenvalue weighted by Gasteiger charge is 2.20. The summed E-state index contributed by atoms with van der Waals surface area (Å²) >= 11 is 0. The van der Waals surface area contributed by atoms with Gasteiger partial charge in [0.15, 0.2) is 0 Å². The van der Waals surface area contributed by atoms with E-state index in [2.05, 4.69) is 5.32 Å². The normalized spacial score (nSPS) is 12.2. The molecule has 2 N–H and O–H groups in total. The van der Waals surface area contributed by atoms with Gasteiger partial charge < -0.3 is 10.4 Å². The third kappa shape index (κ3) is 6.04. The van der Waals surface area contributed by atoms with E-state index in [1.807, 2.05) is 44.2 Å². The monoisotopic (exact) mass is 263 g/mol. The van der Waals surface area contributed by atoms with Crippen LogP contribution in [-0.2, 0) is 16.0 Å². The highest BCUT2D eigenvalue weighted by Crippen LogP contribution is 2.06. The Bertz CT molecular complexity index is 415. The smallest absolute Gasteiger partial charge is 0.326 e. The molecule has 0 radical (unpaired) electrons. The van der Waals surface area contributed by atoms with Crippen LogP contribution in [0.15, 0.2) is 30.3 Å². The van der Waals surface area contributed by atoms with Crippen molar-refractivity contribution in [1.29, 1.82) is 0 Å². The lowest BCUT2D eigenvalue weighted by molar-refractivity contribution is -0.142. The maximum Gasteiger partial charge on any atom is 0.326 e. The summed E-state index contributed by atoms with van der Waals surface area (Å²) in [6, 6.07) is 8.89. The summed E-state index contributed by atoms with van der Waals surface area (Å²) in [7, 11) is 0. The SMILES string of the molecule is CC(C)C[C@@H](NC(=O)CCc1ccccc1)C(=O)O. The number of hydrogen-bond acceptors (Lipinski definition) is 2. The summed E-state index contributed by atoms with van der Waals surface area (Å²) in [5.74, 6) is -0.950. The fraction of sp³-hybridized carbons (Fsp3) is 0.467. The van der Waals surface area contributed by atoms with Crippen molar-refractivity contribution in [2.45, 2.75) is 39.2 Å². The van der Waals surface area contributed by atoms with Crippen LogP contribution in [0.2, 0.25) is 0 Å². The minimum Gasteiger partial charge on any atom is -0.480 e. The molecule has 1 aromatic carbocycles. The lowest BCUT2D eigenvalue weighted by Gasteiger charge is -2.16.